The van der Waals surface area contributed by atoms with E-state index in [1.807, 2.05) is 44.2 Å². The second-order valence-corrected chi connectivity index (χ2v) is 6.95. The summed E-state index contributed by atoms with van der Waals surface area (Å²) in [6, 6.07) is 14.7. The lowest BCUT2D eigenvalue weighted by Gasteiger charge is -2.31. The number of benzene rings is 2. The first-order chi connectivity index (χ1) is 14.1. The quantitative estimate of drug-likeness (QED) is 0.769. The first kappa shape index (κ1) is 20.7. The average molecular weight is 396 g/mol. The second-order valence-electron chi connectivity index (χ2n) is 6.95. The van der Waals surface area contributed by atoms with Crippen LogP contribution in [0.4, 0.5) is 5.69 Å². The number of para-hydroxylation sites is 1. The molecule has 0 saturated carbocycles. The molecule has 1 aliphatic heterocycles. The van der Waals surface area contributed by atoms with Crippen molar-refractivity contribution in [2.75, 3.05) is 31.6 Å². The van der Waals surface area contributed by atoms with E-state index in [1.165, 1.54) is 0 Å². The lowest BCUT2D eigenvalue weighted by molar-refractivity contribution is -0.121. The number of carbonyl (C=O) groups excluding carboxylic acids is 2. The zero-order valence-corrected chi connectivity index (χ0v) is 17.0. The van der Waals surface area contributed by atoms with E-state index in [-0.39, 0.29) is 17.7 Å². The molecule has 1 aliphatic rings. The number of rotatable bonds is 7. The summed E-state index contributed by atoms with van der Waals surface area (Å²) in [6.07, 6.45) is 1.31. The van der Waals surface area contributed by atoms with Crippen LogP contribution in [0.3, 0.4) is 0 Å². The van der Waals surface area contributed by atoms with Gasteiger partial charge in [-0.25, -0.2) is 0 Å². The molecular weight excluding hydrogens is 368 g/mol. The molecule has 2 aromatic carbocycles. The van der Waals surface area contributed by atoms with E-state index < -0.39 is 0 Å². The minimum absolute atomic E-state index is 0.0167. The van der Waals surface area contributed by atoms with Gasteiger partial charge in [0, 0.05) is 30.3 Å². The van der Waals surface area contributed by atoms with Gasteiger partial charge < -0.3 is 19.7 Å². The van der Waals surface area contributed by atoms with E-state index in [0.29, 0.717) is 56.2 Å². The van der Waals surface area contributed by atoms with Crippen LogP contribution in [0.5, 0.6) is 11.5 Å². The van der Waals surface area contributed by atoms with Crippen molar-refractivity contribution in [3.63, 3.8) is 0 Å². The van der Waals surface area contributed by atoms with Gasteiger partial charge in [-0.2, -0.15) is 0 Å². The Balaban J connectivity index is 1.59. The number of amides is 2. The molecule has 6 nitrogen and oxygen atoms in total. The maximum atomic E-state index is 12.9. The predicted octanol–water partition coefficient (Wildman–Crippen LogP) is 3.97. The van der Waals surface area contributed by atoms with Gasteiger partial charge in [0.05, 0.1) is 13.2 Å². The van der Waals surface area contributed by atoms with Crippen LogP contribution < -0.4 is 14.8 Å². The van der Waals surface area contributed by atoms with Gasteiger partial charge in [0.25, 0.3) is 5.91 Å². The van der Waals surface area contributed by atoms with Gasteiger partial charge in [-0.1, -0.05) is 18.2 Å². The van der Waals surface area contributed by atoms with Gasteiger partial charge in [0.1, 0.15) is 0 Å². The SMILES string of the molecule is CCOc1ccc(C(=O)N2CCC(C(=O)Nc3ccccc3)CC2)cc1OCC. The Morgan fingerprint density at radius 3 is 2.28 bits per heavy atom. The van der Waals surface area contributed by atoms with Crippen LogP contribution in [0.1, 0.15) is 37.0 Å². The van der Waals surface area contributed by atoms with E-state index in [1.54, 1.807) is 23.1 Å². The highest BCUT2D eigenvalue weighted by Crippen LogP contribution is 2.30. The number of piperidine rings is 1. The van der Waals surface area contributed by atoms with Crippen molar-refractivity contribution in [2.24, 2.45) is 5.92 Å². The van der Waals surface area contributed by atoms with Crippen molar-refractivity contribution in [3.8, 4) is 11.5 Å². The Bertz CT molecular complexity index is 830. The van der Waals surface area contributed by atoms with Crippen molar-refractivity contribution in [1.29, 1.82) is 0 Å². The number of nitrogens with zero attached hydrogens (tertiary/aromatic N) is 1. The van der Waals surface area contributed by atoms with Gasteiger partial charge in [-0.15, -0.1) is 0 Å². The van der Waals surface area contributed by atoms with Gasteiger partial charge in [-0.05, 0) is 57.0 Å². The van der Waals surface area contributed by atoms with Crippen LogP contribution in [-0.2, 0) is 4.79 Å². The van der Waals surface area contributed by atoms with Crippen LogP contribution in [0.25, 0.3) is 0 Å². The molecule has 1 heterocycles. The molecule has 0 atom stereocenters. The molecule has 0 unspecified atom stereocenters. The molecule has 154 valence electrons. The van der Waals surface area contributed by atoms with Crippen molar-refractivity contribution in [3.05, 3.63) is 54.1 Å². The predicted molar refractivity (Wildman–Crippen MR) is 112 cm³/mol. The molecular formula is C23H28N2O4. The highest BCUT2D eigenvalue weighted by atomic mass is 16.5. The van der Waals surface area contributed by atoms with Crippen LogP contribution in [0.2, 0.25) is 0 Å². The largest absolute Gasteiger partial charge is 0.490 e. The highest BCUT2D eigenvalue weighted by Gasteiger charge is 2.28. The zero-order chi connectivity index (χ0) is 20.6. The van der Waals surface area contributed by atoms with Crippen molar-refractivity contribution < 1.29 is 19.1 Å². The van der Waals surface area contributed by atoms with E-state index >= 15 is 0 Å². The number of likely N-dealkylation sites (tertiary alicyclic amines) is 1. The van der Waals surface area contributed by atoms with Gasteiger partial charge >= 0.3 is 0 Å². The van der Waals surface area contributed by atoms with Crippen LogP contribution in [0.15, 0.2) is 48.5 Å². The number of hydrogen-bond acceptors (Lipinski definition) is 4. The van der Waals surface area contributed by atoms with Crippen LogP contribution in [0, 0.1) is 5.92 Å². The smallest absolute Gasteiger partial charge is 0.253 e. The number of hydrogen-bond donors (Lipinski definition) is 1. The van der Waals surface area contributed by atoms with E-state index in [2.05, 4.69) is 5.32 Å². The normalized spacial score (nSPS) is 14.3. The second kappa shape index (κ2) is 9.96. The molecule has 2 amide bonds. The topological polar surface area (TPSA) is 67.9 Å². The average Bonchev–Trinajstić information content (AvgIpc) is 2.75. The van der Waals surface area contributed by atoms with Gasteiger partial charge in [0.2, 0.25) is 5.91 Å². The summed E-state index contributed by atoms with van der Waals surface area (Å²) < 4.78 is 11.2. The maximum absolute atomic E-state index is 12.9. The molecule has 29 heavy (non-hydrogen) atoms. The van der Waals surface area contributed by atoms with Gasteiger partial charge in [0.15, 0.2) is 11.5 Å². The van der Waals surface area contributed by atoms with E-state index in [9.17, 15) is 9.59 Å². The Hall–Kier alpha value is -3.02. The van der Waals surface area contributed by atoms with E-state index in [0.717, 1.165) is 5.69 Å². The minimum atomic E-state index is -0.0847. The third kappa shape index (κ3) is 5.28. The Morgan fingerprint density at radius 1 is 0.966 bits per heavy atom. The third-order valence-electron chi connectivity index (χ3n) is 4.98. The third-order valence-corrected chi connectivity index (χ3v) is 4.98. The standard InChI is InChI=1S/C23H28N2O4/c1-3-28-20-11-10-18(16-21(20)29-4-2)23(27)25-14-12-17(13-15-25)22(26)24-19-8-6-5-7-9-19/h5-11,16-17H,3-4,12-15H2,1-2H3,(H,24,26). The summed E-state index contributed by atoms with van der Waals surface area (Å²) in [7, 11) is 0. The summed E-state index contributed by atoms with van der Waals surface area (Å²) in [5.74, 6) is 1.11. The first-order valence-electron chi connectivity index (χ1n) is 10.2. The Labute approximate surface area is 171 Å². The molecule has 0 radical (unpaired) electrons. The van der Waals surface area contributed by atoms with Crippen molar-refractivity contribution in [2.45, 2.75) is 26.7 Å². The maximum Gasteiger partial charge on any atom is 0.253 e. The Kier molecular flexibility index (Phi) is 7.11. The van der Waals surface area contributed by atoms with Crippen LogP contribution >= 0.6 is 0 Å². The molecule has 1 fully saturated rings. The lowest BCUT2D eigenvalue weighted by atomic mass is 9.95. The first-order valence-corrected chi connectivity index (χ1v) is 10.2. The molecule has 0 aliphatic carbocycles. The van der Waals surface area contributed by atoms with Crippen molar-refractivity contribution >= 4 is 17.5 Å². The molecule has 3 rings (SSSR count). The monoisotopic (exact) mass is 396 g/mol. The summed E-state index contributed by atoms with van der Waals surface area (Å²) in [5.41, 5.74) is 1.37. The molecule has 2 aromatic rings. The number of ether oxygens (including phenoxy) is 2. The van der Waals surface area contributed by atoms with Crippen molar-refractivity contribution in [1.82, 2.24) is 4.90 Å². The fourth-order valence-electron chi connectivity index (χ4n) is 3.48. The number of carbonyl (C=O) groups is 2. The molecule has 0 aromatic heterocycles. The number of anilines is 1. The molecule has 6 heteroatoms. The molecule has 1 N–H and O–H groups in total. The lowest BCUT2D eigenvalue weighted by Crippen LogP contribution is -2.41. The van der Waals surface area contributed by atoms with Gasteiger partial charge in [-0.3, -0.25) is 9.59 Å². The Morgan fingerprint density at radius 2 is 1.62 bits per heavy atom. The summed E-state index contributed by atoms with van der Waals surface area (Å²) in [4.78, 5) is 27.2. The number of nitrogens with one attached hydrogen (secondary N) is 1. The molecule has 0 spiro atoms. The highest BCUT2D eigenvalue weighted by molar-refractivity contribution is 5.96. The zero-order valence-electron chi connectivity index (χ0n) is 17.0. The fraction of sp³-hybridized carbons (Fsp3) is 0.391. The summed E-state index contributed by atoms with van der Waals surface area (Å²) in [6.45, 7) is 5.96. The molecule has 1 saturated heterocycles. The summed E-state index contributed by atoms with van der Waals surface area (Å²) in [5, 5.41) is 2.95. The van der Waals surface area contributed by atoms with Crippen LogP contribution in [-0.4, -0.2) is 43.0 Å². The van der Waals surface area contributed by atoms with E-state index in [4.69, 9.17) is 9.47 Å². The molecule has 0 bridgehead atoms. The summed E-state index contributed by atoms with van der Waals surface area (Å²) >= 11 is 0. The fourth-order valence-corrected chi connectivity index (χ4v) is 3.48. The minimum Gasteiger partial charge on any atom is -0.490 e.